The molecule has 0 atom stereocenters. The zero-order valence-corrected chi connectivity index (χ0v) is 46.2. The van der Waals surface area contributed by atoms with E-state index in [1.165, 1.54) is 46.9 Å². The summed E-state index contributed by atoms with van der Waals surface area (Å²) in [5, 5.41) is 19.3. The molecule has 0 radical (unpaired) electrons. The molecule has 0 unspecified atom stereocenters. The summed E-state index contributed by atoms with van der Waals surface area (Å²) in [6, 6.07) is 44.1. The Morgan fingerprint density at radius 1 is 0.462 bits per heavy atom. The number of fused-ring (bicyclic) bond motifs is 3. The summed E-state index contributed by atoms with van der Waals surface area (Å²) in [5.41, 5.74) is 4.99. The average molecular weight is 1110 g/mol. The van der Waals surface area contributed by atoms with Gasteiger partial charge in [-0.1, -0.05) is 72.8 Å². The van der Waals surface area contributed by atoms with Crippen LogP contribution in [0.1, 0.15) is 56.7 Å². The van der Waals surface area contributed by atoms with Gasteiger partial charge in [0.25, 0.3) is 0 Å². The smallest absolute Gasteiger partial charge is 0.338 e. The minimum Gasteiger partial charge on any atom is -0.456 e. The Bertz CT molecular complexity index is 3160. The van der Waals surface area contributed by atoms with Gasteiger partial charge in [0.1, 0.15) is 12.2 Å². The highest BCUT2D eigenvalue weighted by atomic mass is 32.1. The number of benzene rings is 5. The Morgan fingerprint density at radius 3 is 1.28 bits per heavy atom. The number of ether oxygens (including phenoxy) is 5. The molecule has 3 aliphatic heterocycles. The van der Waals surface area contributed by atoms with Crippen LogP contribution in [0.4, 0.5) is 0 Å². The Labute approximate surface area is 467 Å². The predicted octanol–water partition coefficient (Wildman–Crippen LogP) is 10.4. The summed E-state index contributed by atoms with van der Waals surface area (Å²) in [4.78, 5) is 53.5. The van der Waals surface area contributed by atoms with E-state index in [1.54, 1.807) is 80.2 Å². The van der Waals surface area contributed by atoms with Gasteiger partial charge in [-0.3, -0.25) is 14.5 Å². The van der Waals surface area contributed by atoms with E-state index in [4.69, 9.17) is 28.8 Å². The molecule has 11 rings (SSSR count). The van der Waals surface area contributed by atoms with Crippen molar-refractivity contribution in [1.82, 2.24) is 14.7 Å². The van der Waals surface area contributed by atoms with Crippen LogP contribution in [0.15, 0.2) is 150 Å². The summed E-state index contributed by atoms with van der Waals surface area (Å²) >= 11 is 5.27. The molecule has 13 nitrogen and oxygen atoms in total. The normalized spacial score (nSPS) is 14.7. The van der Waals surface area contributed by atoms with Crippen LogP contribution in [0.2, 0.25) is 0 Å². The maximum Gasteiger partial charge on any atom is 0.338 e. The first kappa shape index (κ1) is 56.4. The Morgan fingerprint density at radius 2 is 0.859 bits per heavy atom. The van der Waals surface area contributed by atoms with Gasteiger partial charge in [0, 0.05) is 53.4 Å². The number of likely N-dealkylation sites (tertiary alicyclic amines) is 3. The number of rotatable bonds is 23. The molecule has 8 aromatic rings. The molecule has 6 heterocycles. The maximum atomic E-state index is 12.2. The Kier molecular flexibility index (Phi) is 21.0. The lowest BCUT2D eigenvalue weighted by molar-refractivity contribution is -0.143. The lowest BCUT2D eigenvalue weighted by Crippen LogP contribution is -2.55. The minimum absolute atomic E-state index is 0.0145. The second-order valence-electron chi connectivity index (χ2n) is 19.6. The highest BCUT2D eigenvalue weighted by Gasteiger charge is 2.34. The van der Waals surface area contributed by atoms with Gasteiger partial charge in [-0.05, 0) is 135 Å². The van der Waals surface area contributed by atoms with Crippen LogP contribution in [-0.4, -0.2) is 147 Å². The zero-order valence-electron chi connectivity index (χ0n) is 43.8. The summed E-state index contributed by atoms with van der Waals surface area (Å²) in [6.45, 7) is 8.09. The number of carbonyl (C=O) groups is 4. The van der Waals surface area contributed by atoms with Crippen molar-refractivity contribution in [3.8, 4) is 0 Å². The number of hydrogen-bond donors (Lipinski definition) is 1. The van der Waals surface area contributed by atoms with Crippen LogP contribution in [0.5, 0.6) is 0 Å². The van der Waals surface area contributed by atoms with Gasteiger partial charge < -0.3 is 38.6 Å². The Hall–Kier alpha value is -6.34. The van der Waals surface area contributed by atoms with E-state index >= 15 is 0 Å². The number of esters is 2. The van der Waals surface area contributed by atoms with Gasteiger partial charge in [0.05, 0.1) is 76.2 Å². The third-order valence-electron chi connectivity index (χ3n) is 13.7. The largest absolute Gasteiger partial charge is 0.456 e. The third kappa shape index (κ3) is 16.8. The first-order valence-electron chi connectivity index (χ1n) is 26.8. The quantitative estimate of drug-likeness (QED) is 0.0483. The number of aliphatic hydroxyl groups is 1. The van der Waals surface area contributed by atoms with E-state index in [2.05, 4.69) is 93.8 Å². The van der Waals surface area contributed by atoms with Crippen molar-refractivity contribution in [2.75, 3.05) is 85.5 Å². The molecule has 408 valence electrons. The van der Waals surface area contributed by atoms with Crippen molar-refractivity contribution in [3.05, 3.63) is 177 Å². The summed E-state index contributed by atoms with van der Waals surface area (Å²) in [5.74, 6) is -0.461. The highest BCUT2D eigenvalue weighted by molar-refractivity contribution is 7.17. The van der Waals surface area contributed by atoms with Crippen LogP contribution in [0.3, 0.4) is 0 Å². The molecule has 78 heavy (non-hydrogen) atoms. The molecule has 0 bridgehead atoms. The first-order valence-corrected chi connectivity index (χ1v) is 29.4. The second kappa shape index (κ2) is 29.0. The molecule has 2 amide bonds. The lowest BCUT2D eigenvalue weighted by Gasteiger charge is -2.38. The van der Waals surface area contributed by atoms with Crippen molar-refractivity contribution in [2.24, 2.45) is 0 Å². The van der Waals surface area contributed by atoms with Gasteiger partial charge in [-0.15, -0.1) is 34.0 Å². The lowest BCUT2D eigenvalue weighted by atomic mass is 10.1. The zero-order chi connectivity index (χ0) is 53.9. The van der Waals surface area contributed by atoms with Crippen molar-refractivity contribution in [3.63, 3.8) is 0 Å². The average Bonchev–Trinajstić information content (AvgIpc) is 4.24. The summed E-state index contributed by atoms with van der Waals surface area (Å²) < 4.78 is 31.8. The maximum absolute atomic E-state index is 12.2. The van der Waals surface area contributed by atoms with Gasteiger partial charge in [0.15, 0.2) is 0 Å². The molecule has 3 aliphatic rings. The predicted molar refractivity (Wildman–Crippen MR) is 310 cm³/mol. The summed E-state index contributed by atoms with van der Waals surface area (Å²) in [7, 11) is 0. The molecule has 0 spiro atoms. The molecule has 3 fully saturated rings. The minimum atomic E-state index is -0.341. The summed E-state index contributed by atoms with van der Waals surface area (Å²) in [6.07, 6.45) is 3.86. The molecule has 0 aliphatic carbocycles. The van der Waals surface area contributed by atoms with Crippen LogP contribution in [0, 0.1) is 0 Å². The fourth-order valence-electron chi connectivity index (χ4n) is 9.16. The SMILES string of the molecule is O=C(CCOCCc1ccc2sccc2c1)N1CC(O)C1.O=C(OC1CN(C(=O)CCOCCc2ccc3sccc3c2)C1)c1ccccc1.O=C(OC1CN(CCCOCCc2ccc3sccc3c2)C1)c1ccccc1. The number of amides is 2. The van der Waals surface area contributed by atoms with Crippen LogP contribution in [-0.2, 0) is 52.5 Å². The van der Waals surface area contributed by atoms with Gasteiger partial charge >= 0.3 is 11.9 Å². The first-order chi connectivity index (χ1) is 38.2. The molecular weight excluding hydrogens is 1040 g/mol. The number of carbonyl (C=O) groups excluding carboxylic acids is 4. The van der Waals surface area contributed by atoms with Crippen molar-refractivity contribution >= 4 is 88.0 Å². The molecule has 0 saturated carbocycles. The molecule has 3 aromatic heterocycles. The highest BCUT2D eigenvalue weighted by Crippen LogP contribution is 2.25. The molecule has 3 saturated heterocycles. The second-order valence-corrected chi connectivity index (χ2v) is 22.5. The number of thiophene rings is 3. The molecular formula is C62H67N3O10S3. The van der Waals surface area contributed by atoms with E-state index < -0.39 is 0 Å². The van der Waals surface area contributed by atoms with Crippen molar-refractivity contribution < 1.29 is 48.0 Å². The van der Waals surface area contributed by atoms with Crippen LogP contribution < -0.4 is 0 Å². The van der Waals surface area contributed by atoms with Crippen LogP contribution >= 0.6 is 34.0 Å². The van der Waals surface area contributed by atoms with Gasteiger partial charge in [0.2, 0.25) is 11.8 Å². The van der Waals surface area contributed by atoms with Crippen molar-refractivity contribution in [2.45, 2.75) is 56.8 Å². The van der Waals surface area contributed by atoms with E-state index in [0.717, 1.165) is 58.5 Å². The monoisotopic (exact) mass is 1110 g/mol. The van der Waals surface area contributed by atoms with E-state index in [9.17, 15) is 19.2 Å². The van der Waals surface area contributed by atoms with E-state index in [1.807, 2.05) is 24.3 Å². The molecule has 16 heteroatoms. The topological polar surface area (TPSA) is 144 Å². The fraction of sp³-hybridized carbons (Fsp3) is 0.355. The fourth-order valence-corrected chi connectivity index (χ4v) is 11.5. The van der Waals surface area contributed by atoms with Gasteiger partial charge in [-0.25, -0.2) is 9.59 Å². The number of nitrogens with zero attached hydrogens (tertiary/aromatic N) is 3. The Balaban J connectivity index is 0.000000144. The van der Waals surface area contributed by atoms with Crippen LogP contribution in [0.25, 0.3) is 30.3 Å². The third-order valence-corrected chi connectivity index (χ3v) is 16.4. The van der Waals surface area contributed by atoms with Crippen molar-refractivity contribution in [1.29, 1.82) is 0 Å². The van der Waals surface area contributed by atoms with E-state index in [-0.39, 0.29) is 42.1 Å². The number of hydrogen-bond acceptors (Lipinski definition) is 14. The molecule has 5 aromatic carbocycles. The van der Waals surface area contributed by atoms with E-state index in [0.29, 0.717) is 76.6 Å². The number of aliphatic hydroxyl groups excluding tert-OH is 1. The number of β-amino-alcohol motifs (C(OH)–C–C–N with tert-alkyl or cyclic N) is 1. The van der Waals surface area contributed by atoms with Gasteiger partial charge in [-0.2, -0.15) is 0 Å². The molecule has 1 N–H and O–H groups in total. The standard InChI is InChI=1S/C23H23NO4S.C23H25NO3S.C16H19NO3S/c25-22(24-15-20(16-24)28-23(26)18-4-2-1-3-5-18)9-12-27-11-8-17-6-7-21-19(14-17)10-13-29-21;25-23(19-5-2-1-3-6-19)27-21-16-24(17-21)11-4-12-26-13-9-18-7-8-22-20(15-18)10-14-28-22;18-14-10-17(11-14)16(19)4-7-20-6-3-12-1-2-15-13(9-12)5-8-21-15/h1-7,10,13-14,20H,8-9,11-12,15-16H2;1-3,5-8,10,14-15,21H,4,9,11-13,16-17H2;1-2,5,8-9,14,18H,3-4,6-7,10-11H2.